The number of nitrogens with one attached hydrogen (secondary N) is 2. The Morgan fingerprint density at radius 3 is 2.74 bits per heavy atom. The Balaban J connectivity index is 1.95. The van der Waals surface area contributed by atoms with Crippen molar-refractivity contribution in [3.8, 4) is 5.75 Å². The lowest BCUT2D eigenvalue weighted by atomic mass is 10.2. The molecule has 6 heteroatoms. The van der Waals surface area contributed by atoms with Crippen LogP contribution in [0.2, 0.25) is 0 Å². The van der Waals surface area contributed by atoms with E-state index in [0.29, 0.717) is 12.2 Å². The van der Waals surface area contributed by atoms with E-state index >= 15 is 0 Å². The largest absolute Gasteiger partial charge is 0.494 e. The lowest BCUT2D eigenvalue weighted by Crippen LogP contribution is -2.34. The van der Waals surface area contributed by atoms with Gasteiger partial charge in [0, 0.05) is 21.8 Å². The maximum Gasteiger partial charge on any atom is 0.257 e. The molecule has 0 aliphatic rings. The van der Waals surface area contributed by atoms with Gasteiger partial charge in [-0.2, -0.15) is 0 Å². The summed E-state index contributed by atoms with van der Waals surface area (Å²) in [4.78, 5) is 12.1. The van der Waals surface area contributed by atoms with E-state index in [1.165, 1.54) is 0 Å². The molecule has 0 bridgehead atoms. The van der Waals surface area contributed by atoms with Crippen molar-refractivity contribution < 1.29 is 9.53 Å². The minimum absolute atomic E-state index is 0.239. The van der Waals surface area contributed by atoms with Crippen molar-refractivity contribution in [2.75, 3.05) is 11.9 Å². The first-order valence-electron chi connectivity index (χ1n) is 7.19. The summed E-state index contributed by atoms with van der Waals surface area (Å²) >= 11 is 8.52. The molecular weight excluding hydrogens is 376 g/mol. The second-order valence-electron chi connectivity index (χ2n) is 4.79. The number of anilines is 1. The van der Waals surface area contributed by atoms with Crippen LogP contribution in [0.4, 0.5) is 5.69 Å². The first-order chi connectivity index (χ1) is 11.1. The lowest BCUT2D eigenvalue weighted by Gasteiger charge is -2.11. The van der Waals surface area contributed by atoms with Gasteiger partial charge in [0.25, 0.3) is 5.91 Å². The quantitative estimate of drug-likeness (QED) is 0.741. The topological polar surface area (TPSA) is 50.4 Å². The monoisotopic (exact) mass is 392 g/mol. The van der Waals surface area contributed by atoms with Crippen LogP contribution in [0, 0.1) is 0 Å². The standard InChI is InChI=1S/C17H17BrN2O2S/c1-2-9-22-15-8-4-7-14(11-15)19-17(23)20-16(21)12-5-3-6-13(18)10-12/h3-8,10-11H,2,9H2,1H3,(H2,19,20,21,23). The zero-order valence-electron chi connectivity index (χ0n) is 12.6. The molecule has 120 valence electrons. The summed E-state index contributed by atoms with van der Waals surface area (Å²) < 4.78 is 6.40. The number of ether oxygens (including phenoxy) is 1. The first kappa shape index (κ1) is 17.4. The average Bonchev–Trinajstić information content (AvgIpc) is 2.53. The highest BCUT2D eigenvalue weighted by Crippen LogP contribution is 2.17. The Bertz CT molecular complexity index is 706. The van der Waals surface area contributed by atoms with E-state index in [1.807, 2.05) is 30.3 Å². The molecule has 2 aromatic carbocycles. The third-order valence-corrected chi connectivity index (χ3v) is 3.58. The van der Waals surface area contributed by atoms with Gasteiger partial charge in [-0.1, -0.05) is 35.0 Å². The van der Waals surface area contributed by atoms with Crippen molar-refractivity contribution in [1.82, 2.24) is 5.32 Å². The van der Waals surface area contributed by atoms with E-state index in [-0.39, 0.29) is 11.0 Å². The Hall–Kier alpha value is -1.92. The van der Waals surface area contributed by atoms with Gasteiger partial charge >= 0.3 is 0 Å². The minimum atomic E-state index is -0.262. The van der Waals surface area contributed by atoms with Crippen LogP contribution in [-0.2, 0) is 0 Å². The predicted octanol–water partition coefficient (Wildman–Crippen LogP) is 4.36. The number of benzene rings is 2. The molecule has 0 aliphatic carbocycles. The summed E-state index contributed by atoms with van der Waals surface area (Å²) in [5.74, 6) is 0.500. The number of halogens is 1. The molecule has 0 saturated heterocycles. The van der Waals surface area contributed by atoms with Gasteiger partial charge < -0.3 is 10.1 Å². The summed E-state index contributed by atoms with van der Waals surface area (Å²) in [6, 6.07) is 14.6. The van der Waals surface area contributed by atoms with E-state index in [2.05, 4.69) is 33.5 Å². The van der Waals surface area contributed by atoms with Gasteiger partial charge in [-0.15, -0.1) is 0 Å². The maximum absolute atomic E-state index is 12.1. The normalized spacial score (nSPS) is 10.0. The number of amides is 1. The van der Waals surface area contributed by atoms with Gasteiger partial charge in [-0.3, -0.25) is 10.1 Å². The number of carbonyl (C=O) groups excluding carboxylic acids is 1. The molecule has 0 radical (unpaired) electrons. The van der Waals surface area contributed by atoms with Crippen LogP contribution in [0.5, 0.6) is 5.75 Å². The maximum atomic E-state index is 12.1. The van der Waals surface area contributed by atoms with Crippen LogP contribution in [0.15, 0.2) is 53.0 Å². The van der Waals surface area contributed by atoms with Crippen molar-refractivity contribution in [3.05, 3.63) is 58.6 Å². The summed E-state index contributed by atoms with van der Waals surface area (Å²) in [7, 11) is 0. The van der Waals surface area contributed by atoms with Crippen LogP contribution in [0.25, 0.3) is 0 Å². The van der Waals surface area contributed by atoms with Crippen LogP contribution < -0.4 is 15.4 Å². The number of thiocarbonyl (C=S) groups is 1. The Morgan fingerprint density at radius 2 is 2.00 bits per heavy atom. The van der Waals surface area contributed by atoms with Gasteiger partial charge in [0.05, 0.1) is 6.61 Å². The fourth-order valence-electron chi connectivity index (χ4n) is 1.85. The van der Waals surface area contributed by atoms with Crippen LogP contribution in [0.3, 0.4) is 0 Å². The second-order valence-corrected chi connectivity index (χ2v) is 6.12. The highest BCUT2D eigenvalue weighted by atomic mass is 79.9. The van der Waals surface area contributed by atoms with Crippen LogP contribution in [0.1, 0.15) is 23.7 Å². The first-order valence-corrected chi connectivity index (χ1v) is 8.39. The molecule has 0 aromatic heterocycles. The average molecular weight is 393 g/mol. The molecule has 0 unspecified atom stereocenters. The molecule has 4 nitrogen and oxygen atoms in total. The minimum Gasteiger partial charge on any atom is -0.494 e. The Labute approximate surface area is 149 Å². The van der Waals surface area contributed by atoms with Crippen LogP contribution in [-0.4, -0.2) is 17.6 Å². The highest BCUT2D eigenvalue weighted by Gasteiger charge is 2.08. The summed E-state index contributed by atoms with van der Waals surface area (Å²) in [5, 5.41) is 5.87. The van der Waals surface area contributed by atoms with Crippen molar-refractivity contribution in [2.45, 2.75) is 13.3 Å². The molecule has 2 N–H and O–H groups in total. The van der Waals surface area contributed by atoms with E-state index < -0.39 is 0 Å². The van der Waals surface area contributed by atoms with Crippen LogP contribution >= 0.6 is 28.1 Å². The lowest BCUT2D eigenvalue weighted by molar-refractivity contribution is 0.0977. The molecule has 2 aromatic rings. The van der Waals surface area contributed by atoms with E-state index in [9.17, 15) is 4.79 Å². The summed E-state index contributed by atoms with van der Waals surface area (Å²) in [5.41, 5.74) is 1.29. The fourth-order valence-corrected chi connectivity index (χ4v) is 2.46. The summed E-state index contributed by atoms with van der Waals surface area (Å²) in [6.45, 7) is 2.71. The molecule has 0 spiro atoms. The second kappa shape index (κ2) is 8.64. The Kier molecular flexibility index (Phi) is 6.55. The molecule has 2 rings (SSSR count). The molecule has 0 fully saturated rings. The number of rotatable bonds is 5. The number of hydrogen-bond acceptors (Lipinski definition) is 3. The number of hydrogen-bond donors (Lipinski definition) is 2. The predicted molar refractivity (Wildman–Crippen MR) is 100 cm³/mol. The van der Waals surface area contributed by atoms with E-state index in [4.69, 9.17) is 17.0 Å². The van der Waals surface area contributed by atoms with Gasteiger partial charge in [-0.25, -0.2) is 0 Å². The van der Waals surface area contributed by atoms with Gasteiger partial charge in [0.2, 0.25) is 0 Å². The zero-order chi connectivity index (χ0) is 16.7. The van der Waals surface area contributed by atoms with Gasteiger partial charge in [-0.05, 0) is 49.0 Å². The zero-order valence-corrected chi connectivity index (χ0v) is 15.0. The van der Waals surface area contributed by atoms with Crippen molar-refractivity contribution >= 4 is 44.9 Å². The molecule has 0 aliphatic heterocycles. The van der Waals surface area contributed by atoms with Crippen molar-refractivity contribution in [1.29, 1.82) is 0 Å². The molecule has 0 saturated carbocycles. The van der Waals surface area contributed by atoms with Crippen molar-refractivity contribution in [3.63, 3.8) is 0 Å². The van der Waals surface area contributed by atoms with Gasteiger partial charge in [0.1, 0.15) is 5.75 Å². The molecule has 1 amide bonds. The smallest absolute Gasteiger partial charge is 0.257 e. The Morgan fingerprint density at radius 1 is 1.22 bits per heavy atom. The molecule has 23 heavy (non-hydrogen) atoms. The van der Waals surface area contributed by atoms with Crippen molar-refractivity contribution in [2.24, 2.45) is 0 Å². The number of carbonyl (C=O) groups is 1. The summed E-state index contributed by atoms with van der Waals surface area (Å²) in [6.07, 6.45) is 0.943. The molecular formula is C17H17BrN2O2S. The van der Waals surface area contributed by atoms with Gasteiger partial charge in [0.15, 0.2) is 5.11 Å². The van der Waals surface area contributed by atoms with E-state index in [1.54, 1.807) is 18.2 Å². The van der Waals surface area contributed by atoms with E-state index in [0.717, 1.165) is 22.3 Å². The fraction of sp³-hybridized carbons (Fsp3) is 0.176. The third kappa shape index (κ3) is 5.65. The SMILES string of the molecule is CCCOc1cccc(NC(=S)NC(=O)c2cccc(Br)c2)c1. The third-order valence-electron chi connectivity index (χ3n) is 2.88. The molecule has 0 atom stereocenters. The highest BCUT2D eigenvalue weighted by molar-refractivity contribution is 9.10. The molecule has 0 heterocycles.